The van der Waals surface area contributed by atoms with Crippen LogP contribution in [0.25, 0.3) is 0 Å². The lowest BCUT2D eigenvalue weighted by molar-refractivity contribution is -0.114. The van der Waals surface area contributed by atoms with Crippen molar-refractivity contribution in [3.63, 3.8) is 0 Å². The van der Waals surface area contributed by atoms with Gasteiger partial charge in [0.15, 0.2) is 5.78 Å². The molecule has 0 aliphatic heterocycles. The second-order valence-corrected chi connectivity index (χ2v) is 5.68. The van der Waals surface area contributed by atoms with Crippen molar-refractivity contribution in [3.05, 3.63) is 11.6 Å². The molecule has 0 rings (SSSR count). The minimum Gasteiger partial charge on any atom is -0.295 e. The van der Waals surface area contributed by atoms with Crippen LogP contribution in [0.4, 0.5) is 0 Å². The van der Waals surface area contributed by atoms with Crippen LogP contribution in [-0.2, 0) is 14.6 Å². The first-order valence-electron chi connectivity index (χ1n) is 4.17. The van der Waals surface area contributed by atoms with E-state index in [2.05, 4.69) is 0 Å². The number of hydrogen-bond donors (Lipinski definition) is 0. The Morgan fingerprint density at radius 1 is 1.31 bits per heavy atom. The number of carbonyl (C=O) groups excluding carboxylic acids is 1. The fourth-order valence-electron chi connectivity index (χ4n) is 0.903. The Bertz CT molecular complexity index is 295. The summed E-state index contributed by atoms with van der Waals surface area (Å²) in [7, 11) is -2.92. The van der Waals surface area contributed by atoms with Crippen molar-refractivity contribution in [2.45, 2.75) is 26.7 Å². The first kappa shape index (κ1) is 12.4. The highest BCUT2D eigenvalue weighted by molar-refractivity contribution is 7.90. The van der Waals surface area contributed by atoms with Crippen LogP contribution in [0.15, 0.2) is 11.6 Å². The van der Waals surface area contributed by atoms with Gasteiger partial charge in [-0.1, -0.05) is 5.57 Å². The van der Waals surface area contributed by atoms with Crippen LogP contribution < -0.4 is 0 Å². The normalized spacial score (nSPS) is 11.0. The highest BCUT2D eigenvalue weighted by Crippen LogP contribution is 1.99. The van der Waals surface area contributed by atoms with E-state index in [-0.39, 0.29) is 11.5 Å². The molecule has 0 aliphatic rings. The second kappa shape index (κ2) is 5.17. The van der Waals surface area contributed by atoms with Gasteiger partial charge in [0.05, 0.1) is 5.75 Å². The standard InChI is InChI=1S/C9H16O3S/c1-8(2)7-9(10)5-4-6-13(3,11)12/h7H,4-6H2,1-3H3. The van der Waals surface area contributed by atoms with Crippen LogP contribution in [0, 0.1) is 0 Å². The summed E-state index contributed by atoms with van der Waals surface area (Å²) < 4.78 is 21.4. The van der Waals surface area contributed by atoms with Gasteiger partial charge in [-0.2, -0.15) is 0 Å². The zero-order valence-electron chi connectivity index (χ0n) is 8.33. The molecule has 0 aliphatic carbocycles. The van der Waals surface area contributed by atoms with Crippen LogP contribution in [0.3, 0.4) is 0 Å². The van der Waals surface area contributed by atoms with Crippen LogP contribution in [0.2, 0.25) is 0 Å². The molecule has 0 unspecified atom stereocenters. The van der Waals surface area contributed by atoms with Gasteiger partial charge in [-0.15, -0.1) is 0 Å². The number of hydrogen-bond acceptors (Lipinski definition) is 3. The van der Waals surface area contributed by atoms with E-state index in [1.165, 1.54) is 6.26 Å². The zero-order chi connectivity index (χ0) is 10.5. The third kappa shape index (κ3) is 9.27. The predicted molar refractivity (Wildman–Crippen MR) is 53.4 cm³/mol. The van der Waals surface area contributed by atoms with Crippen LogP contribution in [0.5, 0.6) is 0 Å². The molecule has 0 spiro atoms. The van der Waals surface area contributed by atoms with E-state index in [0.29, 0.717) is 12.8 Å². The highest BCUT2D eigenvalue weighted by Gasteiger charge is 2.03. The third-order valence-corrected chi connectivity index (χ3v) is 2.42. The number of rotatable bonds is 5. The van der Waals surface area contributed by atoms with Crippen molar-refractivity contribution < 1.29 is 13.2 Å². The molecule has 3 nitrogen and oxygen atoms in total. The van der Waals surface area contributed by atoms with Crippen LogP contribution in [0.1, 0.15) is 26.7 Å². The Morgan fingerprint density at radius 3 is 2.23 bits per heavy atom. The van der Waals surface area contributed by atoms with Crippen LogP contribution >= 0.6 is 0 Å². The first-order chi connectivity index (χ1) is 5.81. The first-order valence-corrected chi connectivity index (χ1v) is 6.23. The summed E-state index contributed by atoms with van der Waals surface area (Å²) >= 11 is 0. The molecule has 13 heavy (non-hydrogen) atoms. The maximum Gasteiger partial charge on any atom is 0.155 e. The van der Waals surface area contributed by atoms with E-state index >= 15 is 0 Å². The maximum absolute atomic E-state index is 11.1. The fraction of sp³-hybridized carbons (Fsp3) is 0.667. The Labute approximate surface area is 79.8 Å². The van der Waals surface area contributed by atoms with Gasteiger partial charge in [0, 0.05) is 12.7 Å². The quantitative estimate of drug-likeness (QED) is 0.635. The zero-order valence-corrected chi connectivity index (χ0v) is 9.15. The van der Waals surface area contributed by atoms with Gasteiger partial charge in [-0.3, -0.25) is 4.79 Å². The van der Waals surface area contributed by atoms with Crippen molar-refractivity contribution in [2.75, 3.05) is 12.0 Å². The molecule has 0 fully saturated rings. The summed E-state index contributed by atoms with van der Waals surface area (Å²) in [4.78, 5) is 11.1. The lowest BCUT2D eigenvalue weighted by Crippen LogP contribution is -2.05. The van der Waals surface area contributed by atoms with Crippen molar-refractivity contribution in [2.24, 2.45) is 0 Å². The molecule has 0 bridgehead atoms. The van der Waals surface area contributed by atoms with Gasteiger partial charge in [-0.05, 0) is 26.3 Å². The molecule has 4 heteroatoms. The lowest BCUT2D eigenvalue weighted by atomic mass is 10.2. The molecule has 76 valence electrons. The predicted octanol–water partition coefficient (Wildman–Crippen LogP) is 1.35. The van der Waals surface area contributed by atoms with Gasteiger partial charge in [0.25, 0.3) is 0 Å². The average molecular weight is 204 g/mol. The number of sulfone groups is 1. The van der Waals surface area contributed by atoms with E-state index in [4.69, 9.17) is 0 Å². The Hall–Kier alpha value is -0.640. The number of allylic oxidation sites excluding steroid dienone is 2. The van der Waals surface area contributed by atoms with Gasteiger partial charge in [-0.25, -0.2) is 8.42 Å². The van der Waals surface area contributed by atoms with Crippen molar-refractivity contribution >= 4 is 15.6 Å². The molecule has 0 saturated heterocycles. The van der Waals surface area contributed by atoms with E-state index in [9.17, 15) is 13.2 Å². The molecule has 0 amide bonds. The van der Waals surface area contributed by atoms with E-state index in [0.717, 1.165) is 5.57 Å². The Balaban J connectivity index is 3.80. The molecule has 0 N–H and O–H groups in total. The van der Waals surface area contributed by atoms with Gasteiger partial charge in [0.2, 0.25) is 0 Å². The average Bonchev–Trinajstić information content (AvgIpc) is 1.81. The Morgan fingerprint density at radius 2 is 1.85 bits per heavy atom. The number of carbonyl (C=O) groups is 1. The summed E-state index contributed by atoms with van der Waals surface area (Å²) in [5, 5.41) is 0. The monoisotopic (exact) mass is 204 g/mol. The van der Waals surface area contributed by atoms with Gasteiger partial charge >= 0.3 is 0 Å². The van der Waals surface area contributed by atoms with Crippen molar-refractivity contribution in [1.29, 1.82) is 0 Å². The van der Waals surface area contributed by atoms with Crippen LogP contribution in [-0.4, -0.2) is 26.2 Å². The van der Waals surface area contributed by atoms with Gasteiger partial charge < -0.3 is 0 Å². The van der Waals surface area contributed by atoms with Crippen molar-refractivity contribution in [3.8, 4) is 0 Å². The molecule has 0 aromatic heterocycles. The summed E-state index contributed by atoms with van der Waals surface area (Å²) in [6.07, 6.45) is 3.46. The smallest absolute Gasteiger partial charge is 0.155 e. The molecule has 0 saturated carbocycles. The molecule has 0 heterocycles. The summed E-state index contributed by atoms with van der Waals surface area (Å²) in [5.74, 6) is 0.0960. The minimum atomic E-state index is -2.92. The molecular weight excluding hydrogens is 188 g/mol. The molecule has 0 aromatic carbocycles. The van der Waals surface area contributed by atoms with E-state index in [1.54, 1.807) is 6.08 Å². The molecular formula is C9H16O3S. The SMILES string of the molecule is CC(C)=CC(=O)CCCS(C)(=O)=O. The lowest BCUT2D eigenvalue weighted by Gasteiger charge is -1.96. The van der Waals surface area contributed by atoms with Gasteiger partial charge in [0.1, 0.15) is 9.84 Å². The van der Waals surface area contributed by atoms with E-state index in [1.807, 2.05) is 13.8 Å². The topological polar surface area (TPSA) is 51.2 Å². The highest BCUT2D eigenvalue weighted by atomic mass is 32.2. The summed E-state index contributed by atoms with van der Waals surface area (Å²) in [6, 6.07) is 0. The minimum absolute atomic E-state index is 0.00338. The number of ketones is 1. The largest absolute Gasteiger partial charge is 0.295 e. The second-order valence-electron chi connectivity index (χ2n) is 3.42. The molecule has 0 aromatic rings. The summed E-state index contributed by atoms with van der Waals surface area (Å²) in [5.41, 5.74) is 0.948. The third-order valence-electron chi connectivity index (χ3n) is 1.39. The summed E-state index contributed by atoms with van der Waals surface area (Å²) in [6.45, 7) is 3.68. The Kier molecular flexibility index (Phi) is 4.91. The van der Waals surface area contributed by atoms with E-state index < -0.39 is 9.84 Å². The maximum atomic E-state index is 11.1. The van der Waals surface area contributed by atoms with Crippen molar-refractivity contribution in [1.82, 2.24) is 0 Å². The molecule has 0 radical (unpaired) electrons. The fourth-order valence-corrected chi connectivity index (χ4v) is 1.57. The molecule has 0 atom stereocenters.